The third kappa shape index (κ3) is 1.89. The fourth-order valence-corrected chi connectivity index (χ4v) is 2.18. The third-order valence-corrected chi connectivity index (χ3v) is 3.66. The minimum atomic E-state index is 0.163. The Balaban J connectivity index is 1.90. The number of anilines is 1. The van der Waals surface area contributed by atoms with Gasteiger partial charge in [-0.25, -0.2) is 9.97 Å². The lowest BCUT2D eigenvalue weighted by molar-refractivity contribution is 0.822. The molecule has 0 saturated heterocycles. The predicted molar refractivity (Wildman–Crippen MR) is 76.2 cm³/mol. The van der Waals surface area contributed by atoms with E-state index in [1.165, 1.54) is 12.8 Å². The van der Waals surface area contributed by atoms with E-state index < -0.39 is 0 Å². The summed E-state index contributed by atoms with van der Waals surface area (Å²) < 4.78 is 0. The molecule has 2 N–H and O–H groups in total. The number of hydrogen-bond acceptors (Lipinski definition) is 5. The minimum Gasteiger partial charge on any atom is -0.364 e. The fourth-order valence-electron chi connectivity index (χ4n) is 2.18. The van der Waals surface area contributed by atoms with E-state index in [9.17, 15) is 0 Å². The molecule has 1 fully saturated rings. The minimum absolute atomic E-state index is 0.163. The zero-order chi connectivity index (χ0) is 13.6. The fraction of sp³-hybridized carbons (Fsp3) is 0.286. The zero-order valence-electron chi connectivity index (χ0n) is 11.1. The first kappa shape index (κ1) is 11.3. The molecule has 4 rings (SSSR count). The SMILES string of the molecule is CC1(Nc2nc(-c3ccn[nH]3)nc3cnccc23)CC1. The molecule has 0 spiro atoms. The maximum Gasteiger partial charge on any atom is 0.180 e. The molecule has 0 radical (unpaired) electrons. The van der Waals surface area contributed by atoms with Crippen molar-refractivity contribution in [2.45, 2.75) is 25.3 Å². The summed E-state index contributed by atoms with van der Waals surface area (Å²) in [4.78, 5) is 13.3. The quantitative estimate of drug-likeness (QED) is 0.761. The molecule has 3 aromatic rings. The van der Waals surface area contributed by atoms with Crippen molar-refractivity contribution in [1.29, 1.82) is 0 Å². The van der Waals surface area contributed by atoms with Gasteiger partial charge in [0.05, 0.1) is 11.7 Å². The molecule has 3 heterocycles. The molecule has 0 amide bonds. The van der Waals surface area contributed by atoms with Crippen LogP contribution in [0.1, 0.15) is 19.8 Å². The highest BCUT2D eigenvalue weighted by Crippen LogP contribution is 2.39. The van der Waals surface area contributed by atoms with Crippen molar-refractivity contribution >= 4 is 16.7 Å². The Labute approximate surface area is 115 Å². The van der Waals surface area contributed by atoms with Gasteiger partial charge in [-0.1, -0.05) is 0 Å². The molecule has 6 heteroatoms. The van der Waals surface area contributed by atoms with Crippen LogP contribution >= 0.6 is 0 Å². The van der Waals surface area contributed by atoms with Crippen LogP contribution in [0.15, 0.2) is 30.7 Å². The van der Waals surface area contributed by atoms with Gasteiger partial charge in [-0.15, -0.1) is 0 Å². The number of rotatable bonds is 3. The normalized spacial score (nSPS) is 16.2. The predicted octanol–water partition coefficient (Wildman–Crippen LogP) is 2.38. The number of aromatic amines is 1. The second-order valence-corrected chi connectivity index (χ2v) is 5.44. The van der Waals surface area contributed by atoms with Gasteiger partial charge in [-0.05, 0) is 31.9 Å². The first-order valence-electron chi connectivity index (χ1n) is 6.63. The lowest BCUT2D eigenvalue weighted by Gasteiger charge is -2.14. The first-order chi connectivity index (χ1) is 9.73. The lowest BCUT2D eigenvalue weighted by atomic mass is 10.2. The Kier molecular flexibility index (Phi) is 2.26. The summed E-state index contributed by atoms with van der Waals surface area (Å²) in [6.45, 7) is 2.21. The van der Waals surface area contributed by atoms with Crippen molar-refractivity contribution in [3.05, 3.63) is 30.7 Å². The Morgan fingerprint density at radius 3 is 2.85 bits per heavy atom. The zero-order valence-corrected chi connectivity index (χ0v) is 11.1. The Bertz CT molecular complexity index is 760. The average Bonchev–Trinajstić information content (AvgIpc) is 2.97. The standard InChI is InChI=1S/C14H14N6/c1-14(4-5-14)19-12-9-2-6-15-8-11(9)17-13(18-12)10-3-7-16-20-10/h2-3,6-8H,4-5H2,1H3,(H,16,20)(H,17,18,19). The van der Waals surface area contributed by atoms with Crippen LogP contribution in [0.3, 0.4) is 0 Å². The third-order valence-electron chi connectivity index (χ3n) is 3.66. The Morgan fingerprint density at radius 2 is 2.10 bits per heavy atom. The maximum atomic E-state index is 4.65. The van der Waals surface area contributed by atoms with Crippen molar-refractivity contribution in [3.63, 3.8) is 0 Å². The largest absolute Gasteiger partial charge is 0.364 e. The smallest absolute Gasteiger partial charge is 0.180 e. The van der Waals surface area contributed by atoms with E-state index in [1.807, 2.05) is 12.1 Å². The highest BCUT2D eigenvalue weighted by atomic mass is 15.1. The van der Waals surface area contributed by atoms with Gasteiger partial charge in [-0.2, -0.15) is 5.10 Å². The van der Waals surface area contributed by atoms with E-state index in [0.717, 1.165) is 22.4 Å². The molecule has 6 nitrogen and oxygen atoms in total. The van der Waals surface area contributed by atoms with Gasteiger partial charge in [0, 0.05) is 23.3 Å². The summed E-state index contributed by atoms with van der Waals surface area (Å²) in [6, 6.07) is 3.81. The van der Waals surface area contributed by atoms with Crippen LogP contribution in [0.2, 0.25) is 0 Å². The number of aromatic nitrogens is 5. The summed E-state index contributed by atoms with van der Waals surface area (Å²) in [5, 5.41) is 11.4. The molecule has 1 aliphatic rings. The van der Waals surface area contributed by atoms with E-state index in [-0.39, 0.29) is 5.54 Å². The summed E-state index contributed by atoms with van der Waals surface area (Å²) in [5.74, 6) is 1.50. The van der Waals surface area contributed by atoms with Crippen LogP contribution in [0.25, 0.3) is 22.4 Å². The molecule has 0 atom stereocenters. The molecule has 20 heavy (non-hydrogen) atoms. The van der Waals surface area contributed by atoms with Gasteiger partial charge in [0.25, 0.3) is 0 Å². The molecule has 1 saturated carbocycles. The van der Waals surface area contributed by atoms with Crippen molar-refractivity contribution in [1.82, 2.24) is 25.1 Å². The van der Waals surface area contributed by atoms with E-state index >= 15 is 0 Å². The summed E-state index contributed by atoms with van der Waals surface area (Å²) in [5.41, 5.74) is 1.80. The molecule has 0 aromatic carbocycles. The summed E-state index contributed by atoms with van der Waals surface area (Å²) in [6.07, 6.45) is 7.56. The van der Waals surface area contributed by atoms with Crippen molar-refractivity contribution in [2.75, 3.05) is 5.32 Å². The van der Waals surface area contributed by atoms with Crippen LogP contribution in [0.5, 0.6) is 0 Å². The number of H-pyrrole nitrogens is 1. The van der Waals surface area contributed by atoms with Crippen molar-refractivity contribution < 1.29 is 0 Å². The molecule has 3 aromatic heterocycles. The summed E-state index contributed by atoms with van der Waals surface area (Å²) in [7, 11) is 0. The first-order valence-corrected chi connectivity index (χ1v) is 6.63. The molecule has 1 aliphatic carbocycles. The van der Waals surface area contributed by atoms with Gasteiger partial charge in [0.15, 0.2) is 5.82 Å². The molecular formula is C14H14N6. The maximum absolute atomic E-state index is 4.65. The lowest BCUT2D eigenvalue weighted by Crippen LogP contribution is -2.17. The molecule has 0 bridgehead atoms. The highest BCUT2D eigenvalue weighted by Gasteiger charge is 2.37. The molecule has 100 valence electrons. The van der Waals surface area contributed by atoms with Crippen LogP contribution in [-0.4, -0.2) is 30.7 Å². The second-order valence-electron chi connectivity index (χ2n) is 5.44. The van der Waals surface area contributed by atoms with Crippen LogP contribution < -0.4 is 5.32 Å². The van der Waals surface area contributed by atoms with Crippen LogP contribution in [0, 0.1) is 0 Å². The Hall–Kier alpha value is -2.50. The van der Waals surface area contributed by atoms with Gasteiger partial charge in [0.2, 0.25) is 0 Å². The molecule has 0 unspecified atom stereocenters. The number of hydrogen-bond donors (Lipinski definition) is 2. The van der Waals surface area contributed by atoms with Gasteiger partial charge in [-0.3, -0.25) is 10.1 Å². The van der Waals surface area contributed by atoms with E-state index in [2.05, 4.69) is 37.4 Å². The molecule has 0 aliphatic heterocycles. The number of nitrogens with one attached hydrogen (secondary N) is 2. The van der Waals surface area contributed by atoms with E-state index in [4.69, 9.17) is 0 Å². The van der Waals surface area contributed by atoms with Gasteiger partial charge in [0.1, 0.15) is 11.5 Å². The highest BCUT2D eigenvalue weighted by molar-refractivity contribution is 5.90. The van der Waals surface area contributed by atoms with Crippen LogP contribution in [0.4, 0.5) is 5.82 Å². The van der Waals surface area contributed by atoms with Crippen LogP contribution in [-0.2, 0) is 0 Å². The average molecular weight is 266 g/mol. The Morgan fingerprint density at radius 1 is 1.20 bits per heavy atom. The van der Waals surface area contributed by atoms with E-state index in [0.29, 0.717) is 5.82 Å². The van der Waals surface area contributed by atoms with Gasteiger partial charge >= 0.3 is 0 Å². The van der Waals surface area contributed by atoms with Crippen molar-refractivity contribution in [2.24, 2.45) is 0 Å². The van der Waals surface area contributed by atoms with E-state index in [1.54, 1.807) is 18.6 Å². The topological polar surface area (TPSA) is 79.4 Å². The number of pyridine rings is 1. The monoisotopic (exact) mass is 266 g/mol. The molecular weight excluding hydrogens is 252 g/mol. The summed E-state index contributed by atoms with van der Waals surface area (Å²) >= 11 is 0. The van der Waals surface area contributed by atoms with Crippen molar-refractivity contribution in [3.8, 4) is 11.5 Å². The number of fused-ring (bicyclic) bond motifs is 1. The second kappa shape index (κ2) is 4.00. The van der Waals surface area contributed by atoms with Gasteiger partial charge < -0.3 is 5.32 Å². The number of nitrogens with zero attached hydrogens (tertiary/aromatic N) is 4.